The van der Waals surface area contributed by atoms with Crippen LogP contribution in [-0.4, -0.2) is 48.6 Å². The van der Waals surface area contributed by atoms with E-state index in [-0.39, 0.29) is 23.3 Å². The molecule has 4 rings (SSSR count). The van der Waals surface area contributed by atoms with E-state index in [0.717, 1.165) is 30.0 Å². The van der Waals surface area contributed by atoms with Crippen molar-refractivity contribution in [2.24, 2.45) is 0 Å². The van der Waals surface area contributed by atoms with Gasteiger partial charge in [-0.25, -0.2) is 8.42 Å². The second-order valence-electron chi connectivity index (χ2n) is 8.38. The number of benzene rings is 1. The summed E-state index contributed by atoms with van der Waals surface area (Å²) in [6, 6.07) is 7.73. The predicted octanol–water partition coefficient (Wildman–Crippen LogP) is 3.75. The number of rotatable bonds is 5. The van der Waals surface area contributed by atoms with Crippen LogP contribution in [0.1, 0.15) is 59.0 Å². The Hall–Kier alpha value is -2.41. The van der Waals surface area contributed by atoms with E-state index in [9.17, 15) is 13.2 Å². The summed E-state index contributed by atoms with van der Waals surface area (Å²) in [6.45, 7) is 5.99. The van der Waals surface area contributed by atoms with Crippen molar-refractivity contribution in [3.8, 4) is 0 Å². The third kappa shape index (κ3) is 4.36. The van der Waals surface area contributed by atoms with Crippen LogP contribution in [0.2, 0.25) is 0 Å². The molecule has 0 unspecified atom stereocenters. The fourth-order valence-corrected chi connectivity index (χ4v) is 6.18. The fourth-order valence-electron chi connectivity index (χ4n) is 4.48. The Bertz CT molecular complexity index is 1060. The first kappa shape index (κ1) is 20.8. The van der Waals surface area contributed by atoms with Crippen LogP contribution in [0.5, 0.6) is 0 Å². The maximum atomic E-state index is 12.7. The second-order valence-corrected chi connectivity index (χ2v) is 10.6. The van der Waals surface area contributed by atoms with Crippen LogP contribution in [-0.2, 0) is 9.84 Å². The molecule has 0 radical (unpaired) electrons. The number of nitrogens with zero attached hydrogens (tertiary/aromatic N) is 3. The quantitative estimate of drug-likeness (QED) is 0.537. The van der Waals surface area contributed by atoms with Crippen molar-refractivity contribution >= 4 is 27.4 Å². The maximum absolute atomic E-state index is 12.7. The molecule has 3 heterocycles. The Morgan fingerprint density at radius 2 is 1.80 bits per heavy atom. The number of aryl methyl sites for hydroxylation is 1. The van der Waals surface area contributed by atoms with Crippen molar-refractivity contribution in [1.29, 1.82) is 0 Å². The van der Waals surface area contributed by atoms with Crippen LogP contribution in [0, 0.1) is 13.8 Å². The van der Waals surface area contributed by atoms with Crippen molar-refractivity contribution in [1.82, 2.24) is 9.78 Å². The van der Waals surface area contributed by atoms with E-state index < -0.39 is 9.84 Å². The summed E-state index contributed by atoms with van der Waals surface area (Å²) in [5.74, 6) is 0.309. The zero-order valence-electron chi connectivity index (χ0n) is 17.7. The SMILES string of the molecule is Cc1nn([C@H]2CCS(=O)(=O)C2)c(C)c1/C=C/C(=O)c1ccc(N2CCCCC2)cc1. The molecule has 2 fully saturated rings. The minimum atomic E-state index is -2.97. The zero-order chi connectivity index (χ0) is 21.3. The van der Waals surface area contributed by atoms with Crippen molar-refractivity contribution in [2.75, 3.05) is 29.5 Å². The first-order chi connectivity index (χ1) is 14.3. The van der Waals surface area contributed by atoms with Gasteiger partial charge in [0, 0.05) is 35.6 Å². The van der Waals surface area contributed by atoms with E-state index in [2.05, 4.69) is 10.00 Å². The molecule has 1 aromatic carbocycles. The van der Waals surface area contributed by atoms with E-state index in [0.29, 0.717) is 12.0 Å². The molecule has 160 valence electrons. The number of sulfone groups is 1. The van der Waals surface area contributed by atoms with Crippen molar-refractivity contribution in [2.45, 2.75) is 45.6 Å². The molecular weight excluding hydrogens is 398 g/mol. The van der Waals surface area contributed by atoms with E-state index in [1.54, 1.807) is 12.2 Å². The number of ketones is 1. The summed E-state index contributed by atoms with van der Waals surface area (Å²) >= 11 is 0. The van der Waals surface area contributed by atoms with E-state index >= 15 is 0 Å². The molecule has 7 heteroatoms. The van der Waals surface area contributed by atoms with Crippen molar-refractivity contribution < 1.29 is 13.2 Å². The second kappa shape index (κ2) is 8.38. The van der Waals surface area contributed by atoms with E-state index in [4.69, 9.17) is 0 Å². The number of hydrogen-bond acceptors (Lipinski definition) is 5. The monoisotopic (exact) mass is 427 g/mol. The van der Waals surface area contributed by atoms with Gasteiger partial charge >= 0.3 is 0 Å². The van der Waals surface area contributed by atoms with Gasteiger partial charge in [-0.05, 0) is 75.9 Å². The average molecular weight is 428 g/mol. The summed E-state index contributed by atoms with van der Waals surface area (Å²) in [4.78, 5) is 15.0. The lowest BCUT2D eigenvalue weighted by molar-refractivity contribution is 0.104. The molecule has 0 spiro atoms. The Balaban J connectivity index is 1.47. The molecule has 30 heavy (non-hydrogen) atoms. The molecule has 0 N–H and O–H groups in total. The van der Waals surface area contributed by atoms with Crippen LogP contribution >= 0.6 is 0 Å². The summed E-state index contributed by atoms with van der Waals surface area (Å²) in [6.07, 6.45) is 7.73. The van der Waals surface area contributed by atoms with Crippen LogP contribution < -0.4 is 4.90 Å². The minimum absolute atomic E-state index is 0.0461. The van der Waals surface area contributed by atoms with Gasteiger partial charge in [-0.2, -0.15) is 5.10 Å². The predicted molar refractivity (Wildman–Crippen MR) is 120 cm³/mol. The third-order valence-corrected chi connectivity index (χ3v) is 7.96. The van der Waals surface area contributed by atoms with Gasteiger partial charge < -0.3 is 4.90 Å². The molecule has 0 saturated carbocycles. The summed E-state index contributed by atoms with van der Waals surface area (Å²) < 4.78 is 25.4. The van der Waals surface area contributed by atoms with Gasteiger partial charge in [0.2, 0.25) is 0 Å². The number of hydrogen-bond donors (Lipinski definition) is 0. The average Bonchev–Trinajstić information content (AvgIpc) is 3.25. The number of anilines is 1. The standard InChI is InChI=1S/C23H29N3O3S/c1-17-22(18(2)26(24-17)21-12-15-30(28,29)16-21)10-11-23(27)19-6-8-20(9-7-19)25-13-4-3-5-14-25/h6-11,21H,3-5,12-16H2,1-2H3/b11-10+/t21-/m0/s1. The fraction of sp³-hybridized carbons (Fsp3) is 0.478. The van der Waals surface area contributed by atoms with Gasteiger partial charge in [0.15, 0.2) is 15.6 Å². The largest absolute Gasteiger partial charge is 0.372 e. The lowest BCUT2D eigenvalue weighted by atomic mass is 10.1. The first-order valence-electron chi connectivity index (χ1n) is 10.7. The Labute approximate surface area is 178 Å². The Kier molecular flexibility index (Phi) is 5.82. The highest BCUT2D eigenvalue weighted by molar-refractivity contribution is 7.91. The van der Waals surface area contributed by atoms with Gasteiger partial charge in [-0.15, -0.1) is 0 Å². The number of aromatic nitrogens is 2. The van der Waals surface area contributed by atoms with Gasteiger partial charge in [0.05, 0.1) is 23.2 Å². The maximum Gasteiger partial charge on any atom is 0.185 e. The van der Waals surface area contributed by atoms with Gasteiger partial charge in [-0.3, -0.25) is 9.48 Å². The van der Waals surface area contributed by atoms with Crippen LogP contribution in [0.4, 0.5) is 5.69 Å². The highest BCUT2D eigenvalue weighted by atomic mass is 32.2. The number of allylic oxidation sites excluding steroid dienone is 1. The molecule has 1 atom stereocenters. The Morgan fingerprint density at radius 3 is 2.43 bits per heavy atom. The molecule has 1 aromatic heterocycles. The van der Waals surface area contributed by atoms with E-state index in [1.807, 2.05) is 42.8 Å². The number of carbonyl (C=O) groups excluding carboxylic acids is 1. The molecule has 0 aliphatic carbocycles. The normalized spacial score (nSPS) is 21.4. The minimum Gasteiger partial charge on any atom is -0.372 e. The number of piperidine rings is 1. The topological polar surface area (TPSA) is 72.3 Å². The summed E-state index contributed by atoms with van der Waals surface area (Å²) in [5, 5.41) is 4.56. The van der Waals surface area contributed by atoms with Crippen LogP contribution in [0.15, 0.2) is 30.3 Å². The van der Waals surface area contributed by atoms with E-state index in [1.165, 1.54) is 24.9 Å². The molecule has 2 saturated heterocycles. The van der Waals surface area contributed by atoms with Crippen LogP contribution in [0.3, 0.4) is 0 Å². The summed E-state index contributed by atoms with van der Waals surface area (Å²) in [7, 11) is -2.97. The molecule has 2 aliphatic heterocycles. The highest BCUT2D eigenvalue weighted by Crippen LogP contribution is 2.27. The Morgan fingerprint density at radius 1 is 1.10 bits per heavy atom. The van der Waals surface area contributed by atoms with Gasteiger partial charge in [0.25, 0.3) is 0 Å². The van der Waals surface area contributed by atoms with Gasteiger partial charge in [-0.1, -0.05) is 0 Å². The van der Waals surface area contributed by atoms with Gasteiger partial charge in [0.1, 0.15) is 0 Å². The molecule has 6 nitrogen and oxygen atoms in total. The molecule has 2 aliphatic rings. The smallest absolute Gasteiger partial charge is 0.185 e. The molecule has 0 bridgehead atoms. The highest BCUT2D eigenvalue weighted by Gasteiger charge is 2.31. The first-order valence-corrected chi connectivity index (χ1v) is 12.5. The molecule has 0 amide bonds. The zero-order valence-corrected chi connectivity index (χ0v) is 18.5. The third-order valence-electron chi connectivity index (χ3n) is 6.21. The lowest BCUT2D eigenvalue weighted by Gasteiger charge is -2.28. The number of carbonyl (C=O) groups is 1. The summed E-state index contributed by atoms with van der Waals surface area (Å²) in [5.41, 5.74) is 4.43. The molecule has 2 aromatic rings. The van der Waals surface area contributed by atoms with Crippen molar-refractivity contribution in [3.05, 3.63) is 52.9 Å². The van der Waals surface area contributed by atoms with Crippen molar-refractivity contribution in [3.63, 3.8) is 0 Å². The van der Waals surface area contributed by atoms with Crippen LogP contribution in [0.25, 0.3) is 6.08 Å². The lowest BCUT2D eigenvalue weighted by Crippen LogP contribution is -2.29. The molecular formula is C23H29N3O3S.